The van der Waals surface area contributed by atoms with E-state index in [-0.39, 0.29) is 30.1 Å². The molecule has 1 N–H and O–H groups in total. The van der Waals surface area contributed by atoms with Crippen LogP contribution in [0.25, 0.3) is 11.4 Å². The summed E-state index contributed by atoms with van der Waals surface area (Å²) in [6, 6.07) is 15.8. The van der Waals surface area contributed by atoms with Gasteiger partial charge in [-0.05, 0) is 30.2 Å². The first kappa shape index (κ1) is 24.5. The normalized spacial score (nSPS) is 16.5. The Morgan fingerprint density at radius 3 is 2.88 bits per heavy atom. The topological polar surface area (TPSA) is 75.8 Å². The van der Waals surface area contributed by atoms with Crippen molar-refractivity contribution in [3.8, 4) is 11.4 Å². The van der Waals surface area contributed by atoms with Gasteiger partial charge in [0.05, 0.1) is 13.2 Å². The van der Waals surface area contributed by atoms with Gasteiger partial charge in [-0.15, -0.1) is 24.0 Å². The van der Waals surface area contributed by atoms with Crippen molar-refractivity contribution in [3.63, 3.8) is 0 Å². The molecule has 0 aliphatic carbocycles. The number of hydrogen-bond donors (Lipinski definition) is 1. The minimum absolute atomic E-state index is 0. The van der Waals surface area contributed by atoms with Crippen molar-refractivity contribution in [2.45, 2.75) is 19.4 Å². The van der Waals surface area contributed by atoms with Crippen LogP contribution < -0.4 is 5.32 Å². The number of nitrogens with one attached hydrogen (secondary N) is 1. The number of halogens is 2. The van der Waals surface area contributed by atoms with Crippen LogP contribution in [0.4, 0.5) is 0 Å². The van der Waals surface area contributed by atoms with Crippen molar-refractivity contribution in [1.29, 1.82) is 0 Å². The highest BCUT2D eigenvalue weighted by atomic mass is 127. The van der Waals surface area contributed by atoms with Crippen LogP contribution in [-0.4, -0.2) is 54.3 Å². The molecule has 0 bridgehead atoms. The van der Waals surface area contributed by atoms with E-state index in [1.807, 2.05) is 24.3 Å². The fourth-order valence-corrected chi connectivity index (χ4v) is 3.88. The van der Waals surface area contributed by atoms with Gasteiger partial charge in [-0.2, -0.15) is 4.98 Å². The maximum absolute atomic E-state index is 6.04. The SMILES string of the molecule is CN=C(NCCc1nc(-c2cccc(Cl)c2)no1)N1CCOC(c2ccccc2C)C1.I. The number of rotatable bonds is 5. The van der Waals surface area contributed by atoms with Gasteiger partial charge in [-0.1, -0.05) is 53.2 Å². The minimum atomic E-state index is 0. The van der Waals surface area contributed by atoms with Crippen molar-refractivity contribution < 1.29 is 9.26 Å². The van der Waals surface area contributed by atoms with E-state index in [1.54, 1.807) is 7.05 Å². The lowest BCUT2D eigenvalue weighted by atomic mass is 10.0. The second-order valence-corrected chi connectivity index (χ2v) is 7.84. The number of hydrogen-bond acceptors (Lipinski definition) is 5. The molecule has 1 unspecified atom stereocenters. The molecule has 1 atom stereocenters. The summed E-state index contributed by atoms with van der Waals surface area (Å²) in [7, 11) is 1.80. The van der Waals surface area contributed by atoms with Crippen molar-refractivity contribution in [2.75, 3.05) is 33.3 Å². The summed E-state index contributed by atoms with van der Waals surface area (Å²) in [5, 5.41) is 8.10. The number of aryl methyl sites for hydroxylation is 1. The highest BCUT2D eigenvalue weighted by Crippen LogP contribution is 2.25. The van der Waals surface area contributed by atoms with Crippen molar-refractivity contribution >= 4 is 41.5 Å². The van der Waals surface area contributed by atoms with E-state index >= 15 is 0 Å². The Balaban J connectivity index is 0.00000289. The van der Waals surface area contributed by atoms with Crippen molar-refractivity contribution in [3.05, 3.63) is 70.6 Å². The van der Waals surface area contributed by atoms with Crippen LogP contribution in [0.1, 0.15) is 23.1 Å². The van der Waals surface area contributed by atoms with E-state index < -0.39 is 0 Å². The molecule has 1 fully saturated rings. The zero-order valence-electron chi connectivity index (χ0n) is 18.1. The molecule has 9 heteroatoms. The van der Waals surface area contributed by atoms with Crippen LogP contribution in [0.2, 0.25) is 5.02 Å². The molecule has 1 aliphatic rings. The molecular formula is C23H27ClIN5O2. The third-order valence-electron chi connectivity index (χ3n) is 5.29. The molecule has 0 radical (unpaired) electrons. The lowest BCUT2D eigenvalue weighted by molar-refractivity contribution is -0.00830. The average Bonchev–Trinajstić information content (AvgIpc) is 3.26. The second-order valence-electron chi connectivity index (χ2n) is 7.41. The molecule has 3 aromatic rings. The molecule has 1 saturated heterocycles. The molecule has 0 spiro atoms. The highest BCUT2D eigenvalue weighted by Gasteiger charge is 2.25. The van der Waals surface area contributed by atoms with Crippen LogP contribution in [0, 0.1) is 6.92 Å². The largest absolute Gasteiger partial charge is 0.370 e. The van der Waals surface area contributed by atoms with Crippen LogP contribution in [0.15, 0.2) is 58.0 Å². The molecule has 7 nitrogen and oxygen atoms in total. The molecule has 32 heavy (non-hydrogen) atoms. The fraction of sp³-hybridized carbons (Fsp3) is 0.348. The first-order valence-corrected chi connectivity index (χ1v) is 10.7. The zero-order valence-corrected chi connectivity index (χ0v) is 21.2. The van der Waals surface area contributed by atoms with E-state index in [0.29, 0.717) is 36.3 Å². The van der Waals surface area contributed by atoms with Crippen LogP contribution in [0.5, 0.6) is 0 Å². The van der Waals surface area contributed by atoms with Gasteiger partial charge in [0.2, 0.25) is 11.7 Å². The predicted molar refractivity (Wildman–Crippen MR) is 137 cm³/mol. The Kier molecular flexibility index (Phi) is 8.89. The van der Waals surface area contributed by atoms with Gasteiger partial charge < -0.3 is 19.5 Å². The lowest BCUT2D eigenvalue weighted by Gasteiger charge is -2.35. The monoisotopic (exact) mass is 567 g/mol. The first-order valence-electron chi connectivity index (χ1n) is 10.4. The van der Waals surface area contributed by atoms with Gasteiger partial charge in [-0.25, -0.2) is 0 Å². The van der Waals surface area contributed by atoms with Crippen LogP contribution >= 0.6 is 35.6 Å². The zero-order chi connectivity index (χ0) is 21.6. The molecule has 1 aromatic heterocycles. The first-order chi connectivity index (χ1) is 15.1. The highest BCUT2D eigenvalue weighted by molar-refractivity contribution is 14.0. The number of guanidine groups is 1. The number of morpholine rings is 1. The molecule has 4 rings (SSSR count). The number of aromatic nitrogens is 2. The van der Waals surface area contributed by atoms with E-state index in [0.717, 1.165) is 24.6 Å². The number of nitrogens with zero attached hydrogens (tertiary/aromatic N) is 4. The fourth-order valence-electron chi connectivity index (χ4n) is 3.69. The van der Waals surface area contributed by atoms with Gasteiger partial charge >= 0.3 is 0 Å². The van der Waals surface area contributed by atoms with E-state index in [1.165, 1.54) is 11.1 Å². The Hall–Kier alpha value is -2.17. The lowest BCUT2D eigenvalue weighted by Crippen LogP contribution is -2.48. The summed E-state index contributed by atoms with van der Waals surface area (Å²) in [4.78, 5) is 11.1. The van der Waals surface area contributed by atoms with E-state index in [9.17, 15) is 0 Å². The molecule has 1 aliphatic heterocycles. The van der Waals surface area contributed by atoms with Gasteiger partial charge in [0.15, 0.2) is 5.96 Å². The second kappa shape index (κ2) is 11.6. The number of benzene rings is 2. The maximum Gasteiger partial charge on any atom is 0.228 e. The predicted octanol–water partition coefficient (Wildman–Crippen LogP) is 4.51. The summed E-state index contributed by atoms with van der Waals surface area (Å²) < 4.78 is 11.4. The van der Waals surface area contributed by atoms with Crippen molar-refractivity contribution in [1.82, 2.24) is 20.4 Å². The molecule has 0 amide bonds. The van der Waals surface area contributed by atoms with Crippen LogP contribution in [0.3, 0.4) is 0 Å². The third-order valence-corrected chi connectivity index (χ3v) is 5.52. The standard InChI is InChI=1S/C23H26ClN5O2.HI/c1-16-6-3-4-9-19(16)20-15-29(12-13-30-20)23(25-2)26-11-10-21-27-22(28-31-21)17-7-5-8-18(24)14-17;/h3-9,14,20H,10-13,15H2,1-2H3,(H,25,26);1H. The van der Waals surface area contributed by atoms with Crippen LogP contribution in [-0.2, 0) is 11.2 Å². The summed E-state index contributed by atoms with van der Waals surface area (Å²) in [6.45, 7) is 4.96. The summed E-state index contributed by atoms with van der Waals surface area (Å²) in [5.41, 5.74) is 3.30. The van der Waals surface area contributed by atoms with E-state index in [4.69, 9.17) is 20.9 Å². The smallest absolute Gasteiger partial charge is 0.228 e. The minimum Gasteiger partial charge on any atom is -0.370 e. The van der Waals surface area contributed by atoms with E-state index in [2.05, 4.69) is 56.5 Å². The number of aliphatic imine (C=N–C) groups is 1. The Morgan fingerprint density at radius 1 is 1.25 bits per heavy atom. The molecule has 2 aromatic carbocycles. The Bertz CT molecular complexity index is 1060. The molecule has 2 heterocycles. The van der Waals surface area contributed by atoms with Gasteiger partial charge in [0.1, 0.15) is 6.10 Å². The number of ether oxygens (including phenoxy) is 1. The average molecular weight is 568 g/mol. The summed E-state index contributed by atoms with van der Waals surface area (Å²) >= 11 is 6.04. The quantitative estimate of drug-likeness (QED) is 0.278. The third kappa shape index (κ3) is 5.99. The summed E-state index contributed by atoms with van der Waals surface area (Å²) in [6.07, 6.45) is 0.628. The molecular weight excluding hydrogens is 541 g/mol. The van der Waals surface area contributed by atoms with Crippen molar-refractivity contribution in [2.24, 2.45) is 4.99 Å². The van der Waals surface area contributed by atoms with Gasteiger partial charge in [0, 0.05) is 37.1 Å². The molecule has 170 valence electrons. The van der Waals surface area contributed by atoms with Gasteiger partial charge in [0.25, 0.3) is 0 Å². The Morgan fingerprint density at radius 2 is 2.09 bits per heavy atom. The summed E-state index contributed by atoms with van der Waals surface area (Å²) in [5.74, 6) is 1.95. The maximum atomic E-state index is 6.04. The van der Waals surface area contributed by atoms with Gasteiger partial charge in [-0.3, -0.25) is 4.99 Å². The Labute approximate surface area is 210 Å². The molecule has 0 saturated carbocycles.